The zero-order chi connectivity index (χ0) is 18.8. The lowest BCUT2D eigenvalue weighted by atomic mass is 10.0. The lowest BCUT2D eigenvalue weighted by molar-refractivity contribution is -0.152. The summed E-state index contributed by atoms with van der Waals surface area (Å²) in [5, 5.41) is 0.560. The van der Waals surface area contributed by atoms with E-state index in [0.717, 1.165) is 22.4 Å². The number of hydrogen-bond acceptors (Lipinski definition) is 5. The normalized spacial score (nSPS) is 13.5. The van der Waals surface area contributed by atoms with Crippen LogP contribution in [0.4, 0.5) is 0 Å². The van der Waals surface area contributed by atoms with Crippen LogP contribution in [0.25, 0.3) is 21.3 Å². The summed E-state index contributed by atoms with van der Waals surface area (Å²) in [5.74, 6) is -0.421. The average Bonchev–Trinajstić information content (AvgIpc) is 2.98. The van der Waals surface area contributed by atoms with Crippen LogP contribution in [-0.4, -0.2) is 21.6 Å². The number of fused-ring (bicyclic) bond motifs is 1. The van der Waals surface area contributed by atoms with Gasteiger partial charge in [0.25, 0.3) is 5.56 Å². The van der Waals surface area contributed by atoms with Crippen LogP contribution >= 0.6 is 11.3 Å². The summed E-state index contributed by atoms with van der Waals surface area (Å²) in [6.07, 6.45) is 1.99. The molecule has 0 saturated heterocycles. The van der Waals surface area contributed by atoms with Crippen molar-refractivity contribution in [2.45, 2.75) is 46.3 Å². The topological polar surface area (TPSA) is 61.2 Å². The average molecular weight is 370 g/mol. The Hall–Kier alpha value is -2.47. The van der Waals surface area contributed by atoms with Gasteiger partial charge >= 0.3 is 5.97 Å². The van der Waals surface area contributed by atoms with Crippen LogP contribution in [0.5, 0.6) is 0 Å². The first-order chi connectivity index (χ1) is 12.4. The molecule has 1 aromatic carbocycles. The van der Waals surface area contributed by atoms with E-state index in [2.05, 4.69) is 4.98 Å². The molecule has 0 bridgehead atoms. The summed E-state index contributed by atoms with van der Waals surface area (Å²) >= 11 is 1.49. The fraction of sp³-hybridized carbons (Fsp3) is 0.350. The Kier molecular flexibility index (Phi) is 5.23. The van der Waals surface area contributed by atoms with E-state index in [1.807, 2.05) is 51.1 Å². The van der Waals surface area contributed by atoms with Crippen molar-refractivity contribution in [3.63, 3.8) is 0 Å². The molecule has 0 aliphatic heterocycles. The number of esters is 1. The molecule has 0 aliphatic rings. The number of hydrogen-bond donors (Lipinski definition) is 0. The minimum Gasteiger partial charge on any atom is -0.461 e. The molecule has 0 radical (unpaired) electrons. The third-order valence-corrected chi connectivity index (χ3v) is 5.54. The Morgan fingerprint density at radius 3 is 2.62 bits per heavy atom. The minimum atomic E-state index is -0.725. The van der Waals surface area contributed by atoms with Crippen LogP contribution in [0, 0.1) is 6.92 Å². The molecular formula is C20H22N2O3S. The van der Waals surface area contributed by atoms with Gasteiger partial charge < -0.3 is 4.74 Å². The van der Waals surface area contributed by atoms with Crippen LogP contribution in [-0.2, 0) is 9.53 Å². The summed E-state index contributed by atoms with van der Waals surface area (Å²) in [5.41, 5.74) is 1.65. The molecule has 3 rings (SSSR count). The molecule has 0 spiro atoms. The van der Waals surface area contributed by atoms with Crippen molar-refractivity contribution in [2.75, 3.05) is 0 Å². The van der Waals surface area contributed by atoms with E-state index in [-0.39, 0.29) is 11.7 Å². The molecule has 2 heterocycles. The number of nitrogens with zero attached hydrogens (tertiary/aromatic N) is 2. The van der Waals surface area contributed by atoms with E-state index < -0.39 is 12.0 Å². The molecule has 2 aromatic heterocycles. The maximum absolute atomic E-state index is 13.2. The highest BCUT2D eigenvalue weighted by Gasteiger charge is 2.23. The van der Waals surface area contributed by atoms with Crippen molar-refractivity contribution in [1.82, 2.24) is 9.55 Å². The molecule has 0 amide bonds. The zero-order valence-electron chi connectivity index (χ0n) is 15.4. The highest BCUT2D eigenvalue weighted by atomic mass is 32.1. The van der Waals surface area contributed by atoms with Gasteiger partial charge in [-0.3, -0.25) is 9.36 Å². The van der Waals surface area contributed by atoms with Gasteiger partial charge in [-0.25, -0.2) is 9.78 Å². The van der Waals surface area contributed by atoms with E-state index in [1.54, 1.807) is 6.92 Å². The van der Waals surface area contributed by atoms with Gasteiger partial charge in [0, 0.05) is 10.4 Å². The second-order valence-electron chi connectivity index (χ2n) is 6.37. The van der Waals surface area contributed by atoms with E-state index in [1.165, 1.54) is 22.2 Å². The van der Waals surface area contributed by atoms with Gasteiger partial charge in [-0.05, 0) is 32.8 Å². The van der Waals surface area contributed by atoms with Gasteiger partial charge in [0.05, 0.1) is 17.8 Å². The lowest BCUT2D eigenvalue weighted by Gasteiger charge is -2.17. The second kappa shape index (κ2) is 7.41. The van der Waals surface area contributed by atoms with E-state index >= 15 is 0 Å². The molecule has 0 unspecified atom stereocenters. The zero-order valence-corrected chi connectivity index (χ0v) is 16.2. The number of rotatable bonds is 5. The third-order valence-electron chi connectivity index (χ3n) is 4.53. The second-order valence-corrected chi connectivity index (χ2v) is 7.57. The molecule has 0 fully saturated rings. The van der Waals surface area contributed by atoms with Gasteiger partial charge in [-0.15, -0.1) is 11.3 Å². The van der Waals surface area contributed by atoms with Crippen molar-refractivity contribution < 1.29 is 9.53 Å². The van der Waals surface area contributed by atoms with Crippen molar-refractivity contribution >= 4 is 27.5 Å². The SMILES string of the molecule is CC[C@H](C)OC(=O)[C@H](C)n1cnc2sc(C)c(-c3ccccc3)c2c1=O. The number of benzene rings is 1. The minimum absolute atomic E-state index is 0.180. The molecular weight excluding hydrogens is 348 g/mol. The Labute approximate surface area is 156 Å². The van der Waals surface area contributed by atoms with Crippen molar-refractivity contribution in [3.05, 3.63) is 51.9 Å². The van der Waals surface area contributed by atoms with E-state index in [4.69, 9.17) is 4.74 Å². The fourth-order valence-corrected chi connectivity index (χ4v) is 3.84. The molecule has 0 N–H and O–H groups in total. The number of thiophene rings is 1. The quantitative estimate of drug-likeness (QED) is 0.627. The number of carbonyl (C=O) groups is 1. The van der Waals surface area contributed by atoms with Crippen LogP contribution < -0.4 is 5.56 Å². The standard InChI is InChI=1S/C20H22N2O3S/c1-5-12(2)25-20(24)13(3)22-11-21-18-17(19(22)23)16(14(4)26-18)15-9-7-6-8-10-15/h6-13H,5H2,1-4H3/t12-,13-/m0/s1. The van der Waals surface area contributed by atoms with E-state index in [9.17, 15) is 9.59 Å². The highest BCUT2D eigenvalue weighted by molar-refractivity contribution is 7.19. The summed E-state index contributed by atoms with van der Waals surface area (Å²) in [4.78, 5) is 31.7. The maximum Gasteiger partial charge on any atom is 0.329 e. The van der Waals surface area contributed by atoms with Gasteiger partial charge in [0.2, 0.25) is 0 Å². The Morgan fingerprint density at radius 1 is 1.27 bits per heavy atom. The largest absolute Gasteiger partial charge is 0.461 e. The summed E-state index contributed by atoms with van der Waals surface area (Å²) in [7, 11) is 0. The Morgan fingerprint density at radius 2 is 1.96 bits per heavy atom. The first-order valence-electron chi connectivity index (χ1n) is 8.70. The number of carbonyl (C=O) groups excluding carboxylic acids is 1. The summed E-state index contributed by atoms with van der Waals surface area (Å²) in [6, 6.07) is 9.06. The van der Waals surface area contributed by atoms with Crippen molar-refractivity contribution in [2.24, 2.45) is 0 Å². The molecule has 3 aromatic rings. The first-order valence-corrected chi connectivity index (χ1v) is 9.51. The summed E-state index contributed by atoms with van der Waals surface area (Å²) in [6.45, 7) is 7.44. The van der Waals surface area contributed by atoms with Crippen LogP contribution in [0.2, 0.25) is 0 Å². The fourth-order valence-electron chi connectivity index (χ4n) is 2.84. The molecule has 5 nitrogen and oxygen atoms in total. The number of ether oxygens (including phenoxy) is 1. The number of aryl methyl sites for hydroxylation is 1. The first kappa shape index (κ1) is 18.3. The summed E-state index contributed by atoms with van der Waals surface area (Å²) < 4.78 is 6.75. The predicted molar refractivity (Wildman–Crippen MR) is 105 cm³/mol. The molecule has 0 aliphatic carbocycles. The molecule has 136 valence electrons. The molecule has 2 atom stereocenters. The van der Waals surface area contributed by atoms with Crippen molar-refractivity contribution in [1.29, 1.82) is 0 Å². The highest BCUT2D eigenvalue weighted by Crippen LogP contribution is 2.35. The molecule has 6 heteroatoms. The monoisotopic (exact) mass is 370 g/mol. The predicted octanol–water partition coefficient (Wildman–Crippen LogP) is 4.34. The third kappa shape index (κ3) is 3.29. The van der Waals surface area contributed by atoms with Gasteiger partial charge in [-0.1, -0.05) is 37.3 Å². The van der Waals surface area contributed by atoms with Gasteiger partial charge in [0.1, 0.15) is 10.9 Å². The maximum atomic E-state index is 13.2. The van der Waals surface area contributed by atoms with Crippen LogP contribution in [0.1, 0.15) is 38.1 Å². The van der Waals surface area contributed by atoms with Gasteiger partial charge in [-0.2, -0.15) is 0 Å². The number of aromatic nitrogens is 2. The smallest absolute Gasteiger partial charge is 0.329 e. The Bertz CT molecular complexity index is 991. The van der Waals surface area contributed by atoms with Crippen LogP contribution in [0.3, 0.4) is 0 Å². The van der Waals surface area contributed by atoms with Gasteiger partial charge in [0.15, 0.2) is 0 Å². The lowest BCUT2D eigenvalue weighted by Crippen LogP contribution is -2.31. The van der Waals surface area contributed by atoms with Crippen LogP contribution in [0.15, 0.2) is 41.5 Å². The van der Waals surface area contributed by atoms with Crippen molar-refractivity contribution in [3.8, 4) is 11.1 Å². The molecule has 0 saturated carbocycles. The molecule has 26 heavy (non-hydrogen) atoms. The Balaban J connectivity index is 2.11. The van der Waals surface area contributed by atoms with E-state index in [0.29, 0.717) is 10.2 Å².